The largest absolute Gasteiger partial charge is 0.343 e. The Kier molecular flexibility index (Phi) is 2.22. The summed E-state index contributed by atoms with van der Waals surface area (Å²) in [5, 5.41) is 2.08. The molecule has 1 unspecified atom stereocenters. The van der Waals surface area contributed by atoms with E-state index in [0.29, 0.717) is 0 Å². The fourth-order valence-electron chi connectivity index (χ4n) is 0.787. The number of imide groups is 1. The lowest BCUT2D eigenvalue weighted by molar-refractivity contribution is -0.125. The Morgan fingerprint density at radius 3 is 2.25 bits per heavy atom. The van der Waals surface area contributed by atoms with Crippen LogP contribution in [0.15, 0.2) is 0 Å². The monoisotopic (exact) mass is 210 g/mol. The summed E-state index contributed by atoms with van der Waals surface area (Å²) in [6, 6.07) is -0.665. The van der Waals surface area contributed by atoms with Gasteiger partial charge in [-0.25, -0.2) is 4.79 Å². The van der Waals surface area contributed by atoms with Gasteiger partial charge in [0.25, 0.3) is 5.91 Å². The molecule has 3 amide bonds. The molecule has 0 aromatic carbocycles. The van der Waals surface area contributed by atoms with Crippen molar-refractivity contribution in [1.82, 2.24) is 10.2 Å². The number of rotatable bonds is 1. The lowest BCUT2D eigenvalue weighted by atomic mass is 10.6. The molecule has 1 aliphatic heterocycles. The zero-order chi connectivity index (χ0) is 9.52. The molecule has 1 saturated heterocycles. The van der Waals surface area contributed by atoms with Crippen LogP contribution in [0.4, 0.5) is 4.79 Å². The van der Waals surface area contributed by atoms with Gasteiger partial charge >= 0.3 is 6.03 Å². The molecule has 3 N–H and O–H groups in total. The van der Waals surface area contributed by atoms with E-state index in [9.17, 15) is 9.59 Å². The van der Waals surface area contributed by atoms with E-state index in [1.165, 1.54) is 7.05 Å². The molecule has 0 aliphatic carbocycles. The number of amides is 3. The molecule has 1 aliphatic rings. The van der Waals surface area contributed by atoms with Gasteiger partial charge in [-0.15, -0.1) is 0 Å². The molecule has 0 spiro atoms. The van der Waals surface area contributed by atoms with Crippen molar-refractivity contribution in [1.29, 1.82) is 0 Å². The number of urea groups is 1. The Bertz CT molecular complexity index is 287. The molecule has 1 atom stereocenters. The Morgan fingerprint density at radius 1 is 1.58 bits per heavy atom. The van der Waals surface area contributed by atoms with E-state index in [-0.39, 0.29) is 0 Å². The van der Waals surface area contributed by atoms with Crippen LogP contribution in [-0.4, -0.2) is 39.5 Å². The van der Waals surface area contributed by atoms with Crippen LogP contribution >= 0.6 is 6.49 Å². The molecule has 1 fully saturated rings. The van der Waals surface area contributed by atoms with Gasteiger partial charge in [0.05, 0.1) is 0 Å². The number of nitrogens with one attached hydrogen (secondary N) is 1. The molecule has 0 aromatic heterocycles. The van der Waals surface area contributed by atoms with Gasteiger partial charge in [0.1, 0.15) is 0 Å². The second-order valence-corrected chi connectivity index (χ2v) is 5.65. The Hall–Kier alpha value is -0.490. The third kappa shape index (κ3) is 1.49. The second kappa shape index (κ2) is 2.77. The summed E-state index contributed by atoms with van der Waals surface area (Å²) in [6.45, 7) is -3.73. The summed E-state index contributed by atoms with van der Waals surface area (Å²) >= 11 is 4.29. The van der Waals surface area contributed by atoms with E-state index in [0.717, 1.165) is 4.90 Å². The van der Waals surface area contributed by atoms with Crippen molar-refractivity contribution < 1.29 is 19.4 Å². The first-order valence-electron chi connectivity index (χ1n) is 2.97. The molecule has 0 aromatic rings. The van der Waals surface area contributed by atoms with Gasteiger partial charge in [-0.2, -0.15) is 0 Å². The van der Waals surface area contributed by atoms with Crippen molar-refractivity contribution in [2.75, 3.05) is 7.05 Å². The van der Waals surface area contributed by atoms with Crippen LogP contribution in [-0.2, 0) is 16.6 Å². The zero-order valence-corrected chi connectivity index (χ0v) is 7.80. The lowest BCUT2D eigenvalue weighted by Gasteiger charge is -2.12. The van der Waals surface area contributed by atoms with Crippen molar-refractivity contribution in [3.8, 4) is 0 Å². The maximum Gasteiger partial charge on any atom is 0.324 e. The van der Waals surface area contributed by atoms with Gasteiger partial charge in [-0.05, 0) is 11.8 Å². The van der Waals surface area contributed by atoms with E-state index >= 15 is 0 Å². The fraction of sp³-hybridized carbons (Fsp3) is 0.500. The SMILES string of the molecule is CN1C(=O)NC(P(O)(O)=S)C1=O. The van der Waals surface area contributed by atoms with Gasteiger partial charge in [-0.1, -0.05) is 0 Å². The fourth-order valence-corrected chi connectivity index (χ4v) is 1.96. The molecule has 0 radical (unpaired) electrons. The van der Waals surface area contributed by atoms with Crippen LogP contribution in [0.5, 0.6) is 0 Å². The number of hydrogen-bond acceptors (Lipinski definition) is 3. The third-order valence-electron chi connectivity index (χ3n) is 1.47. The molecular formula is C4H7N2O4PS. The Labute approximate surface area is 73.3 Å². The van der Waals surface area contributed by atoms with Crippen LogP contribution < -0.4 is 5.32 Å². The molecule has 0 bridgehead atoms. The predicted molar refractivity (Wildman–Crippen MR) is 43.8 cm³/mol. The van der Waals surface area contributed by atoms with Gasteiger partial charge < -0.3 is 15.1 Å². The summed E-state index contributed by atoms with van der Waals surface area (Å²) in [4.78, 5) is 40.5. The van der Waals surface area contributed by atoms with Crippen molar-refractivity contribution in [3.05, 3.63) is 0 Å². The zero-order valence-electron chi connectivity index (χ0n) is 6.09. The van der Waals surface area contributed by atoms with Gasteiger partial charge in [0.15, 0.2) is 5.78 Å². The molecule has 12 heavy (non-hydrogen) atoms. The van der Waals surface area contributed by atoms with Crippen LogP contribution in [0.2, 0.25) is 0 Å². The highest BCUT2D eigenvalue weighted by atomic mass is 32.5. The smallest absolute Gasteiger partial charge is 0.324 e. The van der Waals surface area contributed by atoms with E-state index in [1.54, 1.807) is 0 Å². The normalized spacial score (nSPS) is 24.6. The maximum atomic E-state index is 11.0. The Morgan fingerprint density at radius 2 is 2.08 bits per heavy atom. The van der Waals surface area contributed by atoms with Crippen molar-refractivity contribution in [3.63, 3.8) is 0 Å². The molecule has 1 heterocycles. The van der Waals surface area contributed by atoms with Crippen molar-refractivity contribution in [2.45, 2.75) is 5.78 Å². The number of likely N-dealkylation sites (N-methyl/N-ethyl adjacent to an activating group) is 1. The predicted octanol–water partition coefficient (Wildman–Crippen LogP) is -1.21. The van der Waals surface area contributed by atoms with E-state index in [1.807, 2.05) is 0 Å². The summed E-state index contributed by atoms with van der Waals surface area (Å²) in [5.41, 5.74) is 0. The van der Waals surface area contributed by atoms with Gasteiger partial charge in [-0.3, -0.25) is 9.69 Å². The first kappa shape index (κ1) is 9.60. The second-order valence-electron chi connectivity index (χ2n) is 2.34. The summed E-state index contributed by atoms with van der Waals surface area (Å²) < 4.78 is 0. The topological polar surface area (TPSA) is 89.9 Å². The van der Waals surface area contributed by atoms with Crippen molar-refractivity contribution in [2.24, 2.45) is 0 Å². The third-order valence-corrected chi connectivity index (χ3v) is 3.12. The minimum atomic E-state index is -3.73. The maximum absolute atomic E-state index is 11.0. The summed E-state index contributed by atoms with van der Waals surface area (Å²) in [5.74, 6) is -2.04. The highest BCUT2D eigenvalue weighted by Gasteiger charge is 2.43. The molecule has 6 nitrogen and oxygen atoms in total. The van der Waals surface area contributed by atoms with Gasteiger partial charge in [0, 0.05) is 7.05 Å². The average Bonchev–Trinajstić information content (AvgIpc) is 2.15. The minimum Gasteiger partial charge on any atom is -0.343 e. The molecular weight excluding hydrogens is 203 g/mol. The standard InChI is InChI=1S/C4H7N2O4PS/c1-6-3(7)2(5-4(6)8)11(9,10)12/h2H,1H3,(H,5,8)(H2,9,10,12). The Balaban J connectivity index is 2.93. The van der Waals surface area contributed by atoms with E-state index in [2.05, 4.69) is 17.1 Å². The van der Waals surface area contributed by atoms with Crippen LogP contribution in [0.1, 0.15) is 0 Å². The van der Waals surface area contributed by atoms with Crippen LogP contribution in [0.3, 0.4) is 0 Å². The highest BCUT2D eigenvalue weighted by molar-refractivity contribution is 8.09. The van der Waals surface area contributed by atoms with E-state index in [4.69, 9.17) is 9.79 Å². The van der Waals surface area contributed by atoms with Crippen LogP contribution in [0.25, 0.3) is 0 Å². The highest BCUT2D eigenvalue weighted by Crippen LogP contribution is 2.42. The number of nitrogens with zero attached hydrogens (tertiary/aromatic N) is 1. The quantitative estimate of drug-likeness (QED) is 0.373. The summed E-state index contributed by atoms with van der Waals surface area (Å²) in [7, 11) is 1.24. The average molecular weight is 210 g/mol. The molecule has 0 saturated carbocycles. The lowest BCUT2D eigenvalue weighted by Crippen LogP contribution is -2.28. The molecule has 68 valence electrons. The van der Waals surface area contributed by atoms with Crippen LogP contribution in [0, 0.1) is 0 Å². The van der Waals surface area contributed by atoms with Crippen molar-refractivity contribution >= 4 is 30.2 Å². The van der Waals surface area contributed by atoms with Gasteiger partial charge in [0.2, 0.25) is 6.49 Å². The minimum absolute atomic E-state index is 0.665. The van der Waals surface area contributed by atoms with E-state index < -0.39 is 24.2 Å². The molecule has 1 rings (SSSR count). The first-order chi connectivity index (χ1) is 5.34. The number of carbonyl (C=O) groups is 2. The molecule has 8 heteroatoms. The number of carbonyl (C=O) groups excluding carboxylic acids is 2. The summed E-state index contributed by atoms with van der Waals surface area (Å²) in [6.07, 6.45) is 0. The first-order valence-corrected chi connectivity index (χ1v) is 5.75. The number of hydrogen-bond donors (Lipinski definition) is 3.